The summed E-state index contributed by atoms with van der Waals surface area (Å²) in [5.41, 5.74) is 1.04. The summed E-state index contributed by atoms with van der Waals surface area (Å²) in [6, 6.07) is 15.9. The third kappa shape index (κ3) is 3.20. The molecule has 1 unspecified atom stereocenters. The standard InChI is InChI=1S/C14H14N2O/c15-9-13(12-5-2-1-3-6-12)10-16-11-14-7-4-8-17-14/h1-8,13,16H,10-11H2. The van der Waals surface area contributed by atoms with Crippen molar-refractivity contribution in [3.8, 4) is 6.07 Å². The van der Waals surface area contributed by atoms with E-state index in [4.69, 9.17) is 9.68 Å². The predicted molar refractivity (Wildman–Crippen MR) is 65.2 cm³/mol. The Morgan fingerprint density at radius 3 is 2.65 bits per heavy atom. The van der Waals surface area contributed by atoms with E-state index in [0.717, 1.165) is 11.3 Å². The SMILES string of the molecule is N#CC(CNCc1ccco1)c1ccccc1. The minimum absolute atomic E-state index is 0.119. The second kappa shape index (κ2) is 5.88. The molecule has 3 nitrogen and oxygen atoms in total. The minimum Gasteiger partial charge on any atom is -0.468 e. The van der Waals surface area contributed by atoms with E-state index in [0.29, 0.717) is 13.1 Å². The molecule has 0 fully saturated rings. The number of furan rings is 1. The Labute approximate surface area is 101 Å². The molecule has 2 aromatic rings. The van der Waals surface area contributed by atoms with Crippen molar-refractivity contribution in [2.45, 2.75) is 12.5 Å². The van der Waals surface area contributed by atoms with Crippen LogP contribution < -0.4 is 5.32 Å². The lowest BCUT2D eigenvalue weighted by Crippen LogP contribution is -2.20. The van der Waals surface area contributed by atoms with Crippen molar-refractivity contribution >= 4 is 0 Å². The molecule has 1 heterocycles. The number of hydrogen-bond donors (Lipinski definition) is 1. The van der Waals surface area contributed by atoms with Crippen LogP contribution in [0.5, 0.6) is 0 Å². The molecule has 3 heteroatoms. The van der Waals surface area contributed by atoms with Crippen LogP contribution in [0.1, 0.15) is 17.2 Å². The first-order valence-corrected chi connectivity index (χ1v) is 5.58. The van der Waals surface area contributed by atoms with Crippen LogP contribution in [0.4, 0.5) is 0 Å². The van der Waals surface area contributed by atoms with E-state index in [1.165, 1.54) is 0 Å². The van der Waals surface area contributed by atoms with Gasteiger partial charge in [-0.25, -0.2) is 0 Å². The molecule has 0 saturated heterocycles. The summed E-state index contributed by atoms with van der Waals surface area (Å²) in [4.78, 5) is 0. The smallest absolute Gasteiger partial charge is 0.117 e. The van der Waals surface area contributed by atoms with Crippen LogP contribution in [0.3, 0.4) is 0 Å². The van der Waals surface area contributed by atoms with Crippen LogP contribution in [-0.4, -0.2) is 6.54 Å². The van der Waals surface area contributed by atoms with Gasteiger partial charge < -0.3 is 9.73 Å². The second-order valence-corrected chi connectivity index (χ2v) is 3.80. The number of benzene rings is 1. The van der Waals surface area contributed by atoms with E-state index in [1.807, 2.05) is 42.5 Å². The predicted octanol–water partition coefficient (Wildman–Crippen LogP) is 2.68. The molecule has 0 aliphatic rings. The second-order valence-electron chi connectivity index (χ2n) is 3.80. The first-order valence-electron chi connectivity index (χ1n) is 5.58. The zero-order chi connectivity index (χ0) is 11.9. The van der Waals surface area contributed by atoms with Crippen molar-refractivity contribution in [1.82, 2.24) is 5.32 Å². The van der Waals surface area contributed by atoms with Crippen molar-refractivity contribution in [3.05, 3.63) is 60.1 Å². The molecule has 0 bridgehead atoms. The fourth-order valence-corrected chi connectivity index (χ4v) is 1.68. The molecule has 0 amide bonds. The molecule has 0 saturated carbocycles. The van der Waals surface area contributed by atoms with Gasteiger partial charge in [0.1, 0.15) is 5.76 Å². The van der Waals surface area contributed by atoms with Crippen LogP contribution in [0.25, 0.3) is 0 Å². The van der Waals surface area contributed by atoms with Crippen LogP contribution in [0.2, 0.25) is 0 Å². The number of nitrogens with zero attached hydrogens (tertiary/aromatic N) is 1. The Bertz CT molecular complexity index is 471. The lowest BCUT2D eigenvalue weighted by molar-refractivity contribution is 0.481. The first kappa shape index (κ1) is 11.4. The molecule has 0 aliphatic heterocycles. The summed E-state index contributed by atoms with van der Waals surface area (Å²) in [5, 5.41) is 12.3. The van der Waals surface area contributed by atoms with Gasteiger partial charge in [0, 0.05) is 6.54 Å². The largest absolute Gasteiger partial charge is 0.468 e. The summed E-state index contributed by atoms with van der Waals surface area (Å²) in [6.45, 7) is 1.28. The van der Waals surface area contributed by atoms with E-state index in [9.17, 15) is 0 Å². The van der Waals surface area contributed by atoms with Gasteiger partial charge in [0.25, 0.3) is 0 Å². The number of nitrogens with one attached hydrogen (secondary N) is 1. The molecule has 17 heavy (non-hydrogen) atoms. The molecular weight excluding hydrogens is 212 g/mol. The monoisotopic (exact) mass is 226 g/mol. The molecule has 0 radical (unpaired) electrons. The molecular formula is C14H14N2O. The van der Waals surface area contributed by atoms with Gasteiger partial charge in [-0.1, -0.05) is 30.3 Å². The topological polar surface area (TPSA) is 49.0 Å². The van der Waals surface area contributed by atoms with Crippen molar-refractivity contribution in [1.29, 1.82) is 5.26 Å². The maximum Gasteiger partial charge on any atom is 0.117 e. The summed E-state index contributed by atoms with van der Waals surface area (Å²) >= 11 is 0. The van der Waals surface area contributed by atoms with E-state index in [-0.39, 0.29) is 5.92 Å². The summed E-state index contributed by atoms with van der Waals surface area (Å²) in [7, 11) is 0. The zero-order valence-corrected chi connectivity index (χ0v) is 9.47. The van der Waals surface area contributed by atoms with E-state index in [1.54, 1.807) is 6.26 Å². The van der Waals surface area contributed by atoms with Crippen LogP contribution in [0.15, 0.2) is 53.1 Å². The van der Waals surface area contributed by atoms with Gasteiger partial charge in [-0.3, -0.25) is 0 Å². The lowest BCUT2D eigenvalue weighted by atomic mass is 10.0. The van der Waals surface area contributed by atoms with Gasteiger partial charge in [0.15, 0.2) is 0 Å². The number of rotatable bonds is 5. The van der Waals surface area contributed by atoms with Gasteiger partial charge in [0.05, 0.1) is 24.8 Å². The summed E-state index contributed by atoms with van der Waals surface area (Å²) < 4.78 is 5.21. The fraction of sp³-hybridized carbons (Fsp3) is 0.214. The Balaban J connectivity index is 1.87. The quantitative estimate of drug-likeness (QED) is 0.852. The van der Waals surface area contributed by atoms with Gasteiger partial charge in [-0.05, 0) is 17.7 Å². The number of nitriles is 1. The van der Waals surface area contributed by atoms with Crippen LogP contribution in [0, 0.1) is 11.3 Å². The highest BCUT2D eigenvalue weighted by atomic mass is 16.3. The third-order valence-corrected chi connectivity index (χ3v) is 2.59. The van der Waals surface area contributed by atoms with Gasteiger partial charge in [-0.15, -0.1) is 0 Å². The van der Waals surface area contributed by atoms with Crippen molar-refractivity contribution in [2.75, 3.05) is 6.54 Å². The highest BCUT2D eigenvalue weighted by Crippen LogP contribution is 2.13. The molecule has 0 spiro atoms. The maximum atomic E-state index is 9.12. The summed E-state index contributed by atoms with van der Waals surface area (Å²) in [6.07, 6.45) is 1.65. The zero-order valence-electron chi connectivity index (χ0n) is 9.47. The van der Waals surface area contributed by atoms with Crippen molar-refractivity contribution < 1.29 is 4.42 Å². The first-order chi connectivity index (χ1) is 8.40. The minimum atomic E-state index is -0.119. The molecule has 1 aromatic heterocycles. The van der Waals surface area contributed by atoms with E-state index in [2.05, 4.69) is 11.4 Å². The fourth-order valence-electron chi connectivity index (χ4n) is 1.68. The average Bonchev–Trinajstić information content (AvgIpc) is 2.89. The molecule has 1 aromatic carbocycles. The third-order valence-electron chi connectivity index (χ3n) is 2.59. The summed E-state index contributed by atoms with van der Waals surface area (Å²) in [5.74, 6) is 0.765. The highest BCUT2D eigenvalue weighted by molar-refractivity contribution is 5.25. The average molecular weight is 226 g/mol. The Kier molecular flexibility index (Phi) is 3.95. The van der Waals surface area contributed by atoms with Gasteiger partial charge in [-0.2, -0.15) is 5.26 Å². The molecule has 2 rings (SSSR count). The van der Waals surface area contributed by atoms with Crippen LogP contribution in [-0.2, 0) is 6.54 Å². The Morgan fingerprint density at radius 1 is 1.18 bits per heavy atom. The highest BCUT2D eigenvalue weighted by Gasteiger charge is 2.09. The van der Waals surface area contributed by atoms with E-state index < -0.39 is 0 Å². The molecule has 0 aliphatic carbocycles. The molecule has 1 atom stereocenters. The van der Waals surface area contributed by atoms with Gasteiger partial charge in [0.2, 0.25) is 0 Å². The maximum absolute atomic E-state index is 9.12. The normalized spacial score (nSPS) is 11.9. The number of hydrogen-bond acceptors (Lipinski definition) is 3. The van der Waals surface area contributed by atoms with E-state index >= 15 is 0 Å². The molecule has 86 valence electrons. The van der Waals surface area contributed by atoms with Crippen LogP contribution >= 0.6 is 0 Å². The lowest BCUT2D eigenvalue weighted by Gasteiger charge is -2.09. The molecule has 1 N–H and O–H groups in total. The van der Waals surface area contributed by atoms with Gasteiger partial charge >= 0.3 is 0 Å². The van der Waals surface area contributed by atoms with Crippen molar-refractivity contribution in [2.24, 2.45) is 0 Å². The van der Waals surface area contributed by atoms with Crippen molar-refractivity contribution in [3.63, 3.8) is 0 Å². The Hall–Kier alpha value is -2.05. The Morgan fingerprint density at radius 2 is 2.00 bits per heavy atom.